The third-order valence-corrected chi connectivity index (χ3v) is 4.99. The summed E-state index contributed by atoms with van der Waals surface area (Å²) in [6, 6.07) is 15.8. The molecule has 0 spiro atoms. The van der Waals surface area contributed by atoms with E-state index >= 15 is 0 Å². The molecule has 2 aromatic rings. The molecule has 1 atom stereocenters. The van der Waals surface area contributed by atoms with E-state index in [1.54, 1.807) is 6.92 Å². The van der Waals surface area contributed by atoms with E-state index in [1.165, 1.54) is 0 Å². The molecule has 3 N–H and O–H groups in total. The lowest BCUT2D eigenvalue weighted by atomic mass is 9.98. The largest absolute Gasteiger partial charge is 0.480 e. The molecular formula is C23H26N2O6. The van der Waals surface area contributed by atoms with Crippen molar-refractivity contribution in [2.24, 2.45) is 0 Å². The van der Waals surface area contributed by atoms with Crippen molar-refractivity contribution in [3.05, 3.63) is 59.7 Å². The van der Waals surface area contributed by atoms with Crippen LogP contribution in [0.1, 0.15) is 30.4 Å². The average molecular weight is 426 g/mol. The van der Waals surface area contributed by atoms with Gasteiger partial charge in [-0.15, -0.1) is 0 Å². The first kappa shape index (κ1) is 22.3. The summed E-state index contributed by atoms with van der Waals surface area (Å²) in [5.41, 5.74) is 4.58. The maximum atomic E-state index is 12.2. The Morgan fingerprint density at radius 2 is 1.65 bits per heavy atom. The van der Waals surface area contributed by atoms with E-state index < -0.39 is 24.7 Å². The summed E-state index contributed by atoms with van der Waals surface area (Å²) in [5.74, 6) is -1.36. The predicted molar refractivity (Wildman–Crippen MR) is 114 cm³/mol. The smallest absolute Gasteiger partial charge is 0.407 e. The molecule has 3 rings (SSSR count). The van der Waals surface area contributed by atoms with Gasteiger partial charge in [-0.05, 0) is 29.2 Å². The van der Waals surface area contributed by atoms with Gasteiger partial charge >= 0.3 is 12.1 Å². The number of carboxylic acids is 1. The zero-order valence-electron chi connectivity index (χ0n) is 17.3. The van der Waals surface area contributed by atoms with Crippen LogP contribution < -0.4 is 10.6 Å². The van der Waals surface area contributed by atoms with Crippen LogP contribution in [-0.2, 0) is 19.1 Å². The molecule has 1 aliphatic rings. The monoisotopic (exact) mass is 426 g/mol. The van der Waals surface area contributed by atoms with Crippen molar-refractivity contribution in [3.63, 3.8) is 0 Å². The molecule has 0 aliphatic heterocycles. The third-order valence-electron chi connectivity index (χ3n) is 4.99. The average Bonchev–Trinajstić information content (AvgIpc) is 3.05. The zero-order valence-corrected chi connectivity index (χ0v) is 17.3. The van der Waals surface area contributed by atoms with Gasteiger partial charge in [-0.1, -0.05) is 48.5 Å². The summed E-state index contributed by atoms with van der Waals surface area (Å²) < 4.78 is 10.3. The minimum atomic E-state index is -1.06. The minimum Gasteiger partial charge on any atom is -0.480 e. The van der Waals surface area contributed by atoms with Crippen molar-refractivity contribution >= 4 is 18.0 Å². The second-order valence-corrected chi connectivity index (χ2v) is 7.37. The zero-order chi connectivity index (χ0) is 22.2. The summed E-state index contributed by atoms with van der Waals surface area (Å²) in [6.45, 7) is 1.81. The van der Waals surface area contributed by atoms with Crippen LogP contribution in [0.3, 0.4) is 0 Å². The molecule has 31 heavy (non-hydrogen) atoms. The normalized spacial score (nSPS) is 13.1. The van der Waals surface area contributed by atoms with E-state index in [9.17, 15) is 14.4 Å². The first-order chi connectivity index (χ1) is 15.0. The molecule has 0 radical (unpaired) electrons. The highest BCUT2D eigenvalue weighted by atomic mass is 16.5. The number of carbonyl (C=O) groups is 3. The highest BCUT2D eigenvalue weighted by Crippen LogP contribution is 2.44. The first-order valence-corrected chi connectivity index (χ1v) is 10.1. The Bertz CT molecular complexity index is 900. The molecule has 164 valence electrons. The number of alkyl carbamates (subject to hydrolysis) is 1. The van der Waals surface area contributed by atoms with Gasteiger partial charge in [0.2, 0.25) is 5.91 Å². The van der Waals surface area contributed by atoms with Crippen LogP contribution in [0.4, 0.5) is 4.79 Å². The molecule has 0 saturated carbocycles. The fourth-order valence-corrected chi connectivity index (χ4v) is 3.66. The molecule has 2 aromatic carbocycles. The summed E-state index contributed by atoms with van der Waals surface area (Å²) in [6.07, 6.45) is -0.504. The molecule has 8 nitrogen and oxygen atoms in total. The molecule has 0 bridgehead atoms. The van der Waals surface area contributed by atoms with Gasteiger partial charge in [-0.2, -0.15) is 0 Å². The fourth-order valence-electron chi connectivity index (χ4n) is 3.66. The van der Waals surface area contributed by atoms with Gasteiger partial charge in [-0.25, -0.2) is 9.59 Å². The lowest BCUT2D eigenvalue weighted by molar-refractivity contribution is -0.142. The fraction of sp³-hybridized carbons (Fsp3) is 0.348. The molecular weight excluding hydrogens is 400 g/mol. The number of ether oxygens (including phenoxy) is 2. The van der Waals surface area contributed by atoms with E-state index in [-0.39, 0.29) is 38.0 Å². The van der Waals surface area contributed by atoms with E-state index in [4.69, 9.17) is 14.6 Å². The van der Waals surface area contributed by atoms with E-state index in [0.717, 1.165) is 22.3 Å². The van der Waals surface area contributed by atoms with Crippen LogP contribution in [0.2, 0.25) is 0 Å². The second kappa shape index (κ2) is 10.6. The van der Waals surface area contributed by atoms with Gasteiger partial charge in [0.05, 0.1) is 6.61 Å². The number of carbonyl (C=O) groups excluding carboxylic acids is 2. The van der Waals surface area contributed by atoms with Gasteiger partial charge in [0.1, 0.15) is 13.2 Å². The summed E-state index contributed by atoms with van der Waals surface area (Å²) in [5, 5.41) is 13.7. The Labute approximate surface area is 180 Å². The van der Waals surface area contributed by atoms with Gasteiger partial charge in [0, 0.05) is 24.9 Å². The van der Waals surface area contributed by atoms with Crippen LogP contribution in [-0.4, -0.2) is 55.5 Å². The number of carboxylic acid groups (broad SMARTS) is 1. The van der Waals surface area contributed by atoms with Crippen LogP contribution >= 0.6 is 0 Å². The lowest BCUT2D eigenvalue weighted by Crippen LogP contribution is -2.38. The number of rotatable bonds is 10. The highest BCUT2D eigenvalue weighted by Gasteiger charge is 2.29. The van der Waals surface area contributed by atoms with Crippen LogP contribution in [0.25, 0.3) is 11.1 Å². The summed E-state index contributed by atoms with van der Waals surface area (Å²) in [4.78, 5) is 34.5. The maximum Gasteiger partial charge on any atom is 0.407 e. The maximum absolute atomic E-state index is 12.2. The summed E-state index contributed by atoms with van der Waals surface area (Å²) in [7, 11) is 0. The molecule has 2 amide bonds. The van der Waals surface area contributed by atoms with Gasteiger partial charge in [0.15, 0.2) is 0 Å². The van der Waals surface area contributed by atoms with Crippen LogP contribution in [0.5, 0.6) is 0 Å². The van der Waals surface area contributed by atoms with Crippen molar-refractivity contribution in [1.82, 2.24) is 10.6 Å². The van der Waals surface area contributed by atoms with E-state index in [1.807, 2.05) is 24.3 Å². The highest BCUT2D eigenvalue weighted by molar-refractivity contribution is 5.79. The Balaban J connectivity index is 1.43. The molecule has 0 saturated heterocycles. The first-order valence-electron chi connectivity index (χ1n) is 10.1. The van der Waals surface area contributed by atoms with Crippen molar-refractivity contribution in [1.29, 1.82) is 0 Å². The quantitative estimate of drug-likeness (QED) is 0.503. The minimum absolute atomic E-state index is 0.0254. The Kier molecular flexibility index (Phi) is 7.61. The number of amides is 2. The molecule has 0 unspecified atom stereocenters. The number of benzene rings is 2. The third kappa shape index (κ3) is 6.05. The number of aliphatic carboxylic acids is 1. The molecule has 0 heterocycles. The van der Waals surface area contributed by atoms with E-state index in [0.29, 0.717) is 0 Å². The van der Waals surface area contributed by atoms with Crippen molar-refractivity contribution < 1.29 is 29.0 Å². The molecule has 8 heteroatoms. The molecule has 0 aromatic heterocycles. The van der Waals surface area contributed by atoms with Gasteiger partial charge in [0.25, 0.3) is 0 Å². The van der Waals surface area contributed by atoms with Crippen molar-refractivity contribution in [2.45, 2.75) is 25.3 Å². The van der Waals surface area contributed by atoms with Crippen molar-refractivity contribution in [3.8, 4) is 11.1 Å². The van der Waals surface area contributed by atoms with Crippen LogP contribution in [0, 0.1) is 0 Å². The summed E-state index contributed by atoms with van der Waals surface area (Å²) >= 11 is 0. The number of hydrogen-bond donors (Lipinski definition) is 3. The topological polar surface area (TPSA) is 114 Å². The Hall–Kier alpha value is -3.39. The number of nitrogens with one attached hydrogen (secondary N) is 2. The Morgan fingerprint density at radius 1 is 1.03 bits per heavy atom. The lowest BCUT2D eigenvalue weighted by Gasteiger charge is -2.17. The number of fused-ring (bicyclic) bond motifs is 3. The van der Waals surface area contributed by atoms with Crippen LogP contribution in [0.15, 0.2) is 48.5 Å². The van der Waals surface area contributed by atoms with Crippen molar-refractivity contribution in [2.75, 3.05) is 26.4 Å². The Morgan fingerprint density at radius 3 is 2.26 bits per heavy atom. The molecule has 0 fully saturated rings. The molecule has 1 aliphatic carbocycles. The van der Waals surface area contributed by atoms with E-state index in [2.05, 4.69) is 34.9 Å². The van der Waals surface area contributed by atoms with Gasteiger partial charge in [-0.3, -0.25) is 4.79 Å². The van der Waals surface area contributed by atoms with Gasteiger partial charge < -0.3 is 25.2 Å². The second-order valence-electron chi connectivity index (χ2n) is 7.37. The number of hydrogen-bond acceptors (Lipinski definition) is 5. The standard InChI is InChI=1S/C23H26N2O6/c1-15(12-21(26)24-10-11-30-14-22(27)28)25-23(29)31-13-20-18-8-4-2-6-16(18)17-7-3-5-9-19(17)20/h2-9,15,20H,10-14H2,1H3,(H,24,26)(H,25,29)(H,27,28)/t15-/m1/s1. The SMILES string of the molecule is C[C@H](CC(=O)NCCOCC(=O)O)NC(=O)OCC1c2ccccc2-c2ccccc21. The predicted octanol–water partition coefficient (Wildman–Crippen LogP) is 2.52.